The number of Topliss-reactive ketones (excluding diaryl/α,β-unsaturated/α-hetero) is 1. The molecule has 1 aromatic carbocycles. The molecule has 1 heterocycles. The monoisotopic (exact) mass is 280 g/mol. The lowest BCUT2D eigenvalue weighted by atomic mass is 10.1. The minimum atomic E-state index is -1.11. The third-order valence-corrected chi connectivity index (χ3v) is 3.58. The molecule has 2 aliphatic rings. The van der Waals surface area contributed by atoms with E-state index in [4.69, 9.17) is 0 Å². The Bertz CT molecular complexity index is 585. The van der Waals surface area contributed by atoms with Crippen molar-refractivity contribution in [1.29, 1.82) is 0 Å². The normalized spacial score (nSPS) is 17.8. The molecule has 6 heteroatoms. The SMILES string of the molecule is O=C1C(=O)N(CCCNC2CC2)c2cc(F)c(F)cc21. The summed E-state index contributed by atoms with van der Waals surface area (Å²) in [4.78, 5) is 24.8. The van der Waals surface area contributed by atoms with Crippen LogP contribution in [0.25, 0.3) is 0 Å². The van der Waals surface area contributed by atoms with Crippen LogP contribution < -0.4 is 10.2 Å². The number of halogens is 2. The van der Waals surface area contributed by atoms with E-state index in [-0.39, 0.29) is 11.3 Å². The van der Waals surface area contributed by atoms with Crippen molar-refractivity contribution >= 4 is 17.4 Å². The summed E-state index contributed by atoms with van der Waals surface area (Å²) in [5.74, 6) is -3.64. The van der Waals surface area contributed by atoms with Crippen molar-refractivity contribution in [2.45, 2.75) is 25.3 Å². The first-order valence-electron chi connectivity index (χ1n) is 6.66. The lowest BCUT2D eigenvalue weighted by Gasteiger charge is -2.16. The molecule has 3 rings (SSSR count). The van der Waals surface area contributed by atoms with Gasteiger partial charge in [-0.1, -0.05) is 0 Å². The molecule has 20 heavy (non-hydrogen) atoms. The van der Waals surface area contributed by atoms with Crippen LogP contribution in [0.4, 0.5) is 14.5 Å². The van der Waals surface area contributed by atoms with Crippen molar-refractivity contribution < 1.29 is 18.4 Å². The molecule has 4 nitrogen and oxygen atoms in total. The number of nitrogens with one attached hydrogen (secondary N) is 1. The largest absolute Gasteiger partial charge is 0.314 e. The van der Waals surface area contributed by atoms with Crippen LogP contribution >= 0.6 is 0 Å². The quantitative estimate of drug-likeness (QED) is 0.659. The molecule has 0 aromatic heterocycles. The average molecular weight is 280 g/mol. The van der Waals surface area contributed by atoms with Crippen molar-refractivity contribution in [3.05, 3.63) is 29.3 Å². The topological polar surface area (TPSA) is 49.4 Å². The number of fused-ring (bicyclic) bond motifs is 1. The maximum absolute atomic E-state index is 13.3. The molecule has 106 valence electrons. The lowest BCUT2D eigenvalue weighted by molar-refractivity contribution is -0.114. The van der Waals surface area contributed by atoms with Gasteiger partial charge in [0.05, 0.1) is 11.3 Å². The third kappa shape index (κ3) is 2.31. The van der Waals surface area contributed by atoms with Crippen molar-refractivity contribution in [2.75, 3.05) is 18.0 Å². The van der Waals surface area contributed by atoms with Gasteiger partial charge in [0.1, 0.15) is 0 Å². The fraction of sp³-hybridized carbons (Fsp3) is 0.429. The minimum Gasteiger partial charge on any atom is -0.314 e. The predicted octanol–water partition coefficient (Wildman–Crippen LogP) is 1.64. The van der Waals surface area contributed by atoms with Gasteiger partial charge >= 0.3 is 0 Å². The maximum Gasteiger partial charge on any atom is 0.299 e. The van der Waals surface area contributed by atoms with Gasteiger partial charge in [0.15, 0.2) is 11.6 Å². The van der Waals surface area contributed by atoms with Crippen LogP contribution in [0.15, 0.2) is 12.1 Å². The molecule has 1 amide bonds. The fourth-order valence-electron chi connectivity index (χ4n) is 2.34. The number of amides is 1. The van der Waals surface area contributed by atoms with Crippen LogP contribution in [-0.2, 0) is 4.79 Å². The molecule has 1 aliphatic carbocycles. The van der Waals surface area contributed by atoms with E-state index in [9.17, 15) is 18.4 Å². The van der Waals surface area contributed by atoms with E-state index in [2.05, 4.69) is 5.32 Å². The molecule has 0 unspecified atom stereocenters. The van der Waals surface area contributed by atoms with E-state index in [1.165, 1.54) is 17.7 Å². The van der Waals surface area contributed by atoms with Gasteiger partial charge in [-0.05, 0) is 31.9 Å². The molecule has 1 fully saturated rings. The van der Waals surface area contributed by atoms with Crippen molar-refractivity contribution in [3.8, 4) is 0 Å². The minimum absolute atomic E-state index is 0.0518. The molecule has 1 aromatic rings. The summed E-state index contributed by atoms with van der Waals surface area (Å²) in [7, 11) is 0. The molecule has 1 saturated carbocycles. The molecule has 0 radical (unpaired) electrons. The van der Waals surface area contributed by atoms with Gasteiger partial charge in [-0.3, -0.25) is 9.59 Å². The van der Waals surface area contributed by atoms with Crippen LogP contribution in [-0.4, -0.2) is 30.8 Å². The second-order valence-electron chi connectivity index (χ2n) is 5.15. The highest BCUT2D eigenvalue weighted by molar-refractivity contribution is 6.52. The number of anilines is 1. The van der Waals surface area contributed by atoms with Gasteiger partial charge in [-0.15, -0.1) is 0 Å². The zero-order chi connectivity index (χ0) is 14.3. The van der Waals surface area contributed by atoms with Gasteiger partial charge in [0.2, 0.25) is 0 Å². The molecule has 0 spiro atoms. The van der Waals surface area contributed by atoms with Gasteiger partial charge in [-0.25, -0.2) is 8.78 Å². The predicted molar refractivity (Wildman–Crippen MR) is 68.7 cm³/mol. The summed E-state index contributed by atoms with van der Waals surface area (Å²) < 4.78 is 26.4. The second-order valence-corrected chi connectivity index (χ2v) is 5.15. The zero-order valence-electron chi connectivity index (χ0n) is 10.8. The first-order valence-corrected chi connectivity index (χ1v) is 6.66. The van der Waals surface area contributed by atoms with E-state index >= 15 is 0 Å². The van der Waals surface area contributed by atoms with E-state index in [1.54, 1.807) is 0 Å². The lowest BCUT2D eigenvalue weighted by Crippen LogP contribution is -2.32. The molecular weight excluding hydrogens is 266 g/mol. The smallest absolute Gasteiger partial charge is 0.299 e. The van der Waals surface area contributed by atoms with Crippen molar-refractivity contribution in [1.82, 2.24) is 5.32 Å². The number of nitrogens with zero attached hydrogens (tertiary/aromatic N) is 1. The Balaban J connectivity index is 1.73. The average Bonchev–Trinajstić information content (AvgIpc) is 3.21. The summed E-state index contributed by atoms with van der Waals surface area (Å²) in [5, 5.41) is 3.29. The highest BCUT2D eigenvalue weighted by Gasteiger charge is 2.36. The number of hydrogen-bond acceptors (Lipinski definition) is 3. The Morgan fingerprint density at radius 2 is 1.90 bits per heavy atom. The van der Waals surface area contributed by atoms with Gasteiger partial charge in [0.25, 0.3) is 11.7 Å². The number of hydrogen-bond donors (Lipinski definition) is 1. The van der Waals surface area contributed by atoms with Crippen molar-refractivity contribution in [3.63, 3.8) is 0 Å². The third-order valence-electron chi connectivity index (χ3n) is 3.58. The summed E-state index contributed by atoms with van der Waals surface area (Å²) in [6, 6.07) is 2.29. The Hall–Kier alpha value is -1.82. The van der Waals surface area contributed by atoms with Crippen LogP contribution in [0.3, 0.4) is 0 Å². The number of benzene rings is 1. The standard InChI is InChI=1S/C14H14F2N2O2/c15-10-6-9-12(7-11(10)16)18(14(20)13(9)19)5-1-4-17-8-2-3-8/h6-8,17H,1-5H2. The fourth-order valence-corrected chi connectivity index (χ4v) is 2.34. The van der Waals surface area contributed by atoms with Gasteiger partial charge in [0, 0.05) is 18.7 Å². The second kappa shape index (κ2) is 4.94. The number of carbonyl (C=O) groups excluding carboxylic acids is 2. The molecule has 1 aliphatic heterocycles. The van der Waals surface area contributed by atoms with Gasteiger partial charge in [-0.2, -0.15) is 0 Å². The van der Waals surface area contributed by atoms with Crippen LogP contribution in [0.2, 0.25) is 0 Å². The van der Waals surface area contributed by atoms with Crippen molar-refractivity contribution in [2.24, 2.45) is 0 Å². The molecule has 0 atom stereocenters. The Kier molecular flexibility index (Phi) is 3.25. The summed E-state index contributed by atoms with van der Waals surface area (Å²) in [5.41, 5.74) is 0.120. The van der Waals surface area contributed by atoms with Gasteiger partial charge < -0.3 is 10.2 Å². The maximum atomic E-state index is 13.3. The van der Waals surface area contributed by atoms with Crippen LogP contribution in [0.1, 0.15) is 29.6 Å². The van der Waals surface area contributed by atoms with E-state index in [0.29, 0.717) is 19.0 Å². The number of carbonyl (C=O) groups is 2. The molecule has 1 N–H and O–H groups in total. The van der Waals surface area contributed by atoms with E-state index in [1.807, 2.05) is 0 Å². The summed E-state index contributed by atoms with van der Waals surface area (Å²) >= 11 is 0. The number of rotatable bonds is 5. The van der Waals surface area contributed by atoms with E-state index < -0.39 is 23.3 Å². The molecule has 0 bridgehead atoms. The first-order chi connectivity index (χ1) is 9.58. The Morgan fingerprint density at radius 1 is 1.20 bits per heavy atom. The highest BCUT2D eigenvalue weighted by Crippen LogP contribution is 2.31. The van der Waals surface area contributed by atoms with Crippen LogP contribution in [0, 0.1) is 11.6 Å². The molecule has 0 saturated heterocycles. The zero-order valence-corrected chi connectivity index (χ0v) is 10.8. The molecular formula is C14H14F2N2O2. The summed E-state index contributed by atoms with van der Waals surface area (Å²) in [6.07, 6.45) is 3.01. The first kappa shape index (κ1) is 13.2. The van der Waals surface area contributed by atoms with Crippen LogP contribution in [0.5, 0.6) is 0 Å². The Morgan fingerprint density at radius 3 is 2.60 bits per heavy atom. The van der Waals surface area contributed by atoms with E-state index in [0.717, 1.165) is 18.7 Å². The number of ketones is 1. The summed E-state index contributed by atoms with van der Waals surface area (Å²) in [6.45, 7) is 1.06. The Labute approximate surface area is 114 Å². The highest BCUT2D eigenvalue weighted by atomic mass is 19.2.